The molecule has 0 aromatic heterocycles. The molecule has 1 aromatic carbocycles. The molecule has 0 saturated heterocycles. The third-order valence-electron chi connectivity index (χ3n) is 1.68. The van der Waals surface area contributed by atoms with Gasteiger partial charge in [-0.05, 0) is 24.3 Å². The molecule has 0 aliphatic rings. The van der Waals surface area contributed by atoms with Gasteiger partial charge in [0.05, 0.1) is 12.7 Å². The standard InChI is InChI=1S/C10H15NO2S/c1-13-6-9(12)7-14-10-4-2-8(11)3-5-10/h2-5,9,12H,6-7,11H2,1H3. The van der Waals surface area contributed by atoms with Gasteiger partial charge in [-0.3, -0.25) is 0 Å². The number of rotatable bonds is 5. The molecule has 0 aliphatic carbocycles. The van der Waals surface area contributed by atoms with E-state index in [1.165, 1.54) is 0 Å². The second-order valence-electron chi connectivity index (χ2n) is 2.99. The van der Waals surface area contributed by atoms with Crippen molar-refractivity contribution in [1.82, 2.24) is 0 Å². The Morgan fingerprint density at radius 2 is 2.07 bits per heavy atom. The molecule has 3 nitrogen and oxygen atoms in total. The Labute approximate surface area is 88.3 Å². The number of aliphatic hydroxyl groups is 1. The zero-order valence-electron chi connectivity index (χ0n) is 8.14. The Bertz CT molecular complexity index is 263. The van der Waals surface area contributed by atoms with Crippen molar-refractivity contribution < 1.29 is 9.84 Å². The summed E-state index contributed by atoms with van der Waals surface area (Å²) >= 11 is 1.59. The van der Waals surface area contributed by atoms with E-state index in [1.54, 1.807) is 18.9 Å². The minimum Gasteiger partial charge on any atom is -0.399 e. The number of ether oxygens (including phenoxy) is 1. The molecule has 0 saturated carbocycles. The van der Waals surface area contributed by atoms with Crippen LogP contribution in [0.25, 0.3) is 0 Å². The van der Waals surface area contributed by atoms with E-state index in [1.807, 2.05) is 24.3 Å². The van der Waals surface area contributed by atoms with Crippen molar-refractivity contribution in [2.24, 2.45) is 0 Å². The van der Waals surface area contributed by atoms with E-state index in [0.29, 0.717) is 12.4 Å². The second-order valence-corrected chi connectivity index (χ2v) is 4.08. The summed E-state index contributed by atoms with van der Waals surface area (Å²) in [5.41, 5.74) is 6.31. The number of benzene rings is 1. The van der Waals surface area contributed by atoms with Crippen LogP contribution in [-0.2, 0) is 4.74 Å². The van der Waals surface area contributed by atoms with Crippen LogP contribution in [0.1, 0.15) is 0 Å². The molecule has 14 heavy (non-hydrogen) atoms. The van der Waals surface area contributed by atoms with Crippen molar-refractivity contribution in [3.63, 3.8) is 0 Å². The summed E-state index contributed by atoms with van der Waals surface area (Å²) in [5, 5.41) is 9.39. The highest BCUT2D eigenvalue weighted by atomic mass is 32.2. The molecular formula is C10H15NO2S. The predicted octanol–water partition coefficient (Wildman–Crippen LogP) is 1.37. The monoisotopic (exact) mass is 213 g/mol. The van der Waals surface area contributed by atoms with Crippen LogP contribution in [0, 0.1) is 0 Å². The maximum absolute atomic E-state index is 9.39. The molecule has 0 heterocycles. The topological polar surface area (TPSA) is 55.5 Å². The van der Waals surface area contributed by atoms with Gasteiger partial charge in [0, 0.05) is 23.4 Å². The fourth-order valence-corrected chi connectivity index (χ4v) is 1.81. The number of anilines is 1. The number of methoxy groups -OCH3 is 1. The molecule has 1 rings (SSSR count). The fraction of sp³-hybridized carbons (Fsp3) is 0.400. The number of nitrogen functional groups attached to an aromatic ring is 1. The molecule has 1 unspecified atom stereocenters. The van der Waals surface area contributed by atoms with Crippen molar-refractivity contribution in [1.29, 1.82) is 0 Å². The molecule has 1 aromatic rings. The lowest BCUT2D eigenvalue weighted by molar-refractivity contribution is 0.0794. The van der Waals surface area contributed by atoms with E-state index in [2.05, 4.69) is 0 Å². The highest BCUT2D eigenvalue weighted by molar-refractivity contribution is 7.99. The van der Waals surface area contributed by atoms with Crippen molar-refractivity contribution in [3.05, 3.63) is 24.3 Å². The van der Waals surface area contributed by atoms with Crippen molar-refractivity contribution in [3.8, 4) is 0 Å². The van der Waals surface area contributed by atoms with Crippen LogP contribution in [0.15, 0.2) is 29.2 Å². The van der Waals surface area contributed by atoms with Gasteiger partial charge in [0.2, 0.25) is 0 Å². The molecule has 0 spiro atoms. The van der Waals surface area contributed by atoms with E-state index < -0.39 is 6.10 Å². The van der Waals surface area contributed by atoms with Crippen molar-refractivity contribution in [2.45, 2.75) is 11.0 Å². The summed E-state index contributed by atoms with van der Waals surface area (Å²) in [6, 6.07) is 7.59. The highest BCUT2D eigenvalue weighted by Crippen LogP contribution is 2.19. The molecule has 4 heteroatoms. The largest absolute Gasteiger partial charge is 0.399 e. The Kier molecular flexibility index (Phi) is 4.79. The van der Waals surface area contributed by atoms with Gasteiger partial charge in [0.15, 0.2) is 0 Å². The number of hydrogen-bond donors (Lipinski definition) is 2. The molecule has 1 atom stereocenters. The second kappa shape index (κ2) is 5.90. The van der Waals surface area contributed by atoms with Crippen LogP contribution in [0.5, 0.6) is 0 Å². The van der Waals surface area contributed by atoms with Gasteiger partial charge in [0.1, 0.15) is 0 Å². The Morgan fingerprint density at radius 1 is 1.43 bits per heavy atom. The molecule has 78 valence electrons. The molecular weight excluding hydrogens is 198 g/mol. The minimum atomic E-state index is -0.414. The Balaban J connectivity index is 2.34. The van der Waals surface area contributed by atoms with Gasteiger partial charge >= 0.3 is 0 Å². The Morgan fingerprint density at radius 3 is 2.64 bits per heavy atom. The van der Waals surface area contributed by atoms with Crippen LogP contribution in [0.3, 0.4) is 0 Å². The third kappa shape index (κ3) is 4.00. The average Bonchev–Trinajstić information content (AvgIpc) is 2.17. The summed E-state index contributed by atoms with van der Waals surface area (Å²) in [7, 11) is 1.58. The van der Waals surface area contributed by atoms with Gasteiger partial charge in [-0.2, -0.15) is 0 Å². The normalized spacial score (nSPS) is 12.7. The average molecular weight is 213 g/mol. The van der Waals surface area contributed by atoms with Gasteiger partial charge < -0.3 is 15.6 Å². The number of hydrogen-bond acceptors (Lipinski definition) is 4. The summed E-state index contributed by atoms with van der Waals surface area (Å²) in [5.74, 6) is 0.637. The minimum absolute atomic E-state index is 0.377. The van der Waals surface area contributed by atoms with E-state index in [-0.39, 0.29) is 0 Å². The van der Waals surface area contributed by atoms with Gasteiger partial charge in [-0.25, -0.2) is 0 Å². The van der Waals surface area contributed by atoms with Gasteiger partial charge in [-0.15, -0.1) is 11.8 Å². The number of nitrogens with two attached hydrogens (primary N) is 1. The molecule has 0 bridgehead atoms. The van der Waals surface area contributed by atoms with Crippen LogP contribution in [0.2, 0.25) is 0 Å². The maximum Gasteiger partial charge on any atom is 0.0867 e. The van der Waals surface area contributed by atoms with Crippen LogP contribution >= 0.6 is 11.8 Å². The lowest BCUT2D eigenvalue weighted by Crippen LogP contribution is -2.16. The number of aliphatic hydroxyl groups excluding tert-OH is 1. The first-order valence-corrected chi connectivity index (χ1v) is 5.36. The summed E-state index contributed by atoms with van der Waals surface area (Å²) in [4.78, 5) is 1.11. The third-order valence-corrected chi connectivity index (χ3v) is 2.84. The fourth-order valence-electron chi connectivity index (χ4n) is 0.997. The molecule has 0 fully saturated rings. The number of thioether (sulfide) groups is 1. The molecule has 0 amide bonds. The first-order chi connectivity index (χ1) is 6.72. The Hall–Kier alpha value is -0.710. The zero-order valence-corrected chi connectivity index (χ0v) is 8.96. The van der Waals surface area contributed by atoms with Gasteiger partial charge in [0.25, 0.3) is 0 Å². The zero-order chi connectivity index (χ0) is 10.4. The van der Waals surface area contributed by atoms with E-state index in [9.17, 15) is 5.11 Å². The summed E-state index contributed by atoms with van der Waals surface area (Å²) < 4.78 is 4.83. The molecule has 3 N–H and O–H groups in total. The first kappa shape index (κ1) is 11.4. The van der Waals surface area contributed by atoms with E-state index in [4.69, 9.17) is 10.5 Å². The smallest absolute Gasteiger partial charge is 0.0867 e. The SMILES string of the molecule is COCC(O)CSc1ccc(N)cc1. The first-order valence-electron chi connectivity index (χ1n) is 4.37. The van der Waals surface area contributed by atoms with Crippen molar-refractivity contribution in [2.75, 3.05) is 25.2 Å². The molecule has 0 aliphatic heterocycles. The van der Waals surface area contributed by atoms with Crippen molar-refractivity contribution >= 4 is 17.4 Å². The lowest BCUT2D eigenvalue weighted by Gasteiger charge is -2.08. The van der Waals surface area contributed by atoms with Crippen LogP contribution in [0.4, 0.5) is 5.69 Å². The quantitative estimate of drug-likeness (QED) is 0.573. The molecule has 0 radical (unpaired) electrons. The lowest BCUT2D eigenvalue weighted by atomic mass is 10.3. The van der Waals surface area contributed by atoms with Crippen LogP contribution < -0.4 is 5.73 Å². The maximum atomic E-state index is 9.39. The van der Waals surface area contributed by atoms with Gasteiger partial charge in [-0.1, -0.05) is 0 Å². The van der Waals surface area contributed by atoms with E-state index in [0.717, 1.165) is 10.6 Å². The predicted molar refractivity (Wildman–Crippen MR) is 59.5 cm³/mol. The highest BCUT2D eigenvalue weighted by Gasteiger charge is 2.03. The summed E-state index contributed by atoms with van der Waals surface area (Å²) in [6.45, 7) is 0.377. The van der Waals surface area contributed by atoms with Crippen LogP contribution in [-0.4, -0.2) is 30.7 Å². The van der Waals surface area contributed by atoms with E-state index >= 15 is 0 Å². The summed E-state index contributed by atoms with van der Waals surface area (Å²) in [6.07, 6.45) is -0.414.